The van der Waals surface area contributed by atoms with Crippen molar-refractivity contribution in [3.63, 3.8) is 0 Å². The number of carbonyl (C=O) groups is 4. The average molecular weight is 321 g/mol. The summed E-state index contributed by atoms with van der Waals surface area (Å²) in [4.78, 5) is 46.9. The molecular formula is C16H19NO6. The van der Waals surface area contributed by atoms with E-state index in [-0.39, 0.29) is 30.9 Å². The first-order valence-corrected chi connectivity index (χ1v) is 7.21. The predicted molar refractivity (Wildman–Crippen MR) is 81.0 cm³/mol. The summed E-state index contributed by atoms with van der Waals surface area (Å²) in [6, 6.07) is 6.06. The molecule has 0 aliphatic heterocycles. The SMILES string of the molecule is CCOC(=O)CNC(=O)c1ccccc1C(=O)CC(=O)OCC. The lowest BCUT2D eigenvalue weighted by molar-refractivity contribution is -0.142. The number of ketones is 1. The Kier molecular flexibility index (Phi) is 7.45. The standard InChI is InChI=1S/C16H19NO6/c1-3-22-14(19)9-13(18)11-7-5-6-8-12(11)16(21)17-10-15(20)23-4-2/h5-8H,3-4,9-10H2,1-2H3,(H,17,21). The summed E-state index contributed by atoms with van der Waals surface area (Å²) >= 11 is 0. The lowest BCUT2D eigenvalue weighted by atomic mass is 10.0. The molecule has 0 atom stereocenters. The maximum absolute atomic E-state index is 12.1. The van der Waals surface area contributed by atoms with Gasteiger partial charge in [-0.25, -0.2) is 0 Å². The summed E-state index contributed by atoms with van der Waals surface area (Å²) in [5.74, 6) is -2.34. The van der Waals surface area contributed by atoms with E-state index in [0.29, 0.717) is 0 Å². The maximum Gasteiger partial charge on any atom is 0.325 e. The van der Waals surface area contributed by atoms with Crippen LogP contribution in [0.2, 0.25) is 0 Å². The molecule has 0 saturated heterocycles. The monoisotopic (exact) mass is 321 g/mol. The van der Waals surface area contributed by atoms with Gasteiger partial charge in [0, 0.05) is 5.56 Å². The molecule has 1 aromatic carbocycles. The first-order valence-electron chi connectivity index (χ1n) is 7.21. The third kappa shape index (κ3) is 5.90. The molecule has 0 heterocycles. The van der Waals surface area contributed by atoms with Crippen molar-refractivity contribution in [3.05, 3.63) is 35.4 Å². The van der Waals surface area contributed by atoms with Gasteiger partial charge >= 0.3 is 11.9 Å². The van der Waals surface area contributed by atoms with Gasteiger partial charge in [-0.3, -0.25) is 19.2 Å². The molecule has 0 spiro atoms. The molecule has 7 heteroatoms. The number of nitrogens with one attached hydrogen (secondary N) is 1. The predicted octanol–water partition coefficient (Wildman–Crippen LogP) is 1.12. The quantitative estimate of drug-likeness (QED) is 0.437. The van der Waals surface area contributed by atoms with Crippen LogP contribution in [0.5, 0.6) is 0 Å². The Labute approximate surface area is 134 Å². The fourth-order valence-corrected chi connectivity index (χ4v) is 1.82. The van der Waals surface area contributed by atoms with Gasteiger partial charge < -0.3 is 14.8 Å². The number of carbonyl (C=O) groups excluding carboxylic acids is 4. The molecule has 23 heavy (non-hydrogen) atoms. The molecule has 0 radical (unpaired) electrons. The van der Waals surface area contributed by atoms with Gasteiger partial charge in [-0.2, -0.15) is 0 Å². The van der Waals surface area contributed by atoms with Crippen molar-refractivity contribution in [3.8, 4) is 0 Å². The summed E-state index contributed by atoms with van der Waals surface area (Å²) in [5, 5.41) is 2.38. The molecule has 0 aromatic heterocycles. The Morgan fingerprint density at radius 1 is 0.913 bits per heavy atom. The van der Waals surface area contributed by atoms with Gasteiger partial charge in [0.2, 0.25) is 0 Å². The molecular weight excluding hydrogens is 302 g/mol. The van der Waals surface area contributed by atoms with E-state index in [1.165, 1.54) is 12.1 Å². The van der Waals surface area contributed by atoms with Crippen LogP contribution in [0.4, 0.5) is 0 Å². The molecule has 0 aliphatic carbocycles. The molecule has 0 bridgehead atoms. The molecule has 1 aromatic rings. The van der Waals surface area contributed by atoms with Crippen molar-refractivity contribution in [1.82, 2.24) is 5.32 Å². The molecule has 0 unspecified atom stereocenters. The number of hydrogen-bond donors (Lipinski definition) is 1. The second kappa shape index (κ2) is 9.34. The van der Waals surface area contributed by atoms with E-state index in [9.17, 15) is 19.2 Å². The highest BCUT2D eigenvalue weighted by Gasteiger charge is 2.19. The Morgan fingerprint density at radius 3 is 2.09 bits per heavy atom. The molecule has 0 aliphatic rings. The fraction of sp³-hybridized carbons (Fsp3) is 0.375. The maximum atomic E-state index is 12.1. The first-order chi connectivity index (χ1) is 11.0. The van der Waals surface area contributed by atoms with Crippen molar-refractivity contribution in [1.29, 1.82) is 0 Å². The number of hydrogen-bond acceptors (Lipinski definition) is 6. The van der Waals surface area contributed by atoms with Crippen LogP contribution in [0.25, 0.3) is 0 Å². The van der Waals surface area contributed by atoms with E-state index in [1.54, 1.807) is 26.0 Å². The minimum absolute atomic E-state index is 0.0890. The Balaban J connectivity index is 2.80. The number of benzene rings is 1. The molecule has 1 amide bonds. The van der Waals surface area contributed by atoms with Gasteiger partial charge in [0.25, 0.3) is 5.91 Å². The molecule has 124 valence electrons. The van der Waals surface area contributed by atoms with Crippen LogP contribution in [0.3, 0.4) is 0 Å². The van der Waals surface area contributed by atoms with Gasteiger partial charge in [0.1, 0.15) is 13.0 Å². The molecule has 1 N–H and O–H groups in total. The number of amides is 1. The summed E-state index contributed by atoms with van der Waals surface area (Å²) in [6.45, 7) is 3.38. The average Bonchev–Trinajstić information content (AvgIpc) is 2.53. The van der Waals surface area contributed by atoms with E-state index >= 15 is 0 Å². The van der Waals surface area contributed by atoms with Gasteiger partial charge in [-0.1, -0.05) is 18.2 Å². The largest absolute Gasteiger partial charge is 0.466 e. The van der Waals surface area contributed by atoms with Crippen LogP contribution in [0.15, 0.2) is 24.3 Å². The highest BCUT2D eigenvalue weighted by Crippen LogP contribution is 2.12. The number of rotatable bonds is 8. The van der Waals surface area contributed by atoms with E-state index in [2.05, 4.69) is 5.32 Å². The summed E-state index contributed by atoms with van der Waals surface area (Å²) in [6.07, 6.45) is -0.448. The molecule has 0 fully saturated rings. The summed E-state index contributed by atoms with van der Waals surface area (Å²) < 4.78 is 9.42. The second-order valence-corrected chi connectivity index (χ2v) is 4.44. The van der Waals surface area contributed by atoms with Crippen molar-refractivity contribution in [2.45, 2.75) is 20.3 Å². The normalized spacial score (nSPS) is 9.83. The Bertz CT molecular complexity index is 596. The molecule has 0 saturated carbocycles. The third-order valence-corrected chi connectivity index (χ3v) is 2.78. The van der Waals surface area contributed by atoms with Crippen LogP contribution >= 0.6 is 0 Å². The molecule has 1 rings (SSSR count). The van der Waals surface area contributed by atoms with Crippen LogP contribution < -0.4 is 5.32 Å². The zero-order chi connectivity index (χ0) is 17.2. The lowest BCUT2D eigenvalue weighted by Gasteiger charge is -2.09. The minimum Gasteiger partial charge on any atom is -0.466 e. The van der Waals surface area contributed by atoms with E-state index < -0.39 is 30.0 Å². The minimum atomic E-state index is -0.653. The lowest BCUT2D eigenvalue weighted by Crippen LogP contribution is -2.31. The van der Waals surface area contributed by atoms with Gasteiger partial charge in [0.15, 0.2) is 5.78 Å². The van der Waals surface area contributed by atoms with Crippen LogP contribution in [0, 0.1) is 0 Å². The second-order valence-electron chi connectivity index (χ2n) is 4.44. The zero-order valence-corrected chi connectivity index (χ0v) is 13.1. The van der Waals surface area contributed by atoms with Gasteiger partial charge in [0.05, 0.1) is 18.8 Å². The van der Waals surface area contributed by atoms with E-state index in [0.717, 1.165) is 0 Å². The molecule has 7 nitrogen and oxygen atoms in total. The smallest absolute Gasteiger partial charge is 0.325 e. The highest BCUT2D eigenvalue weighted by molar-refractivity contribution is 6.12. The van der Waals surface area contributed by atoms with Crippen LogP contribution in [0.1, 0.15) is 41.0 Å². The zero-order valence-electron chi connectivity index (χ0n) is 13.1. The Hall–Kier alpha value is -2.70. The van der Waals surface area contributed by atoms with E-state index in [1.807, 2.05) is 0 Å². The summed E-state index contributed by atoms with van der Waals surface area (Å²) in [5.41, 5.74) is 0.188. The third-order valence-electron chi connectivity index (χ3n) is 2.78. The topological polar surface area (TPSA) is 98.8 Å². The fourth-order valence-electron chi connectivity index (χ4n) is 1.82. The van der Waals surface area contributed by atoms with Gasteiger partial charge in [-0.05, 0) is 19.9 Å². The Morgan fingerprint density at radius 2 is 1.48 bits per heavy atom. The number of Topliss-reactive ketones (excluding diaryl/α,β-unsaturated/α-hetero) is 1. The van der Waals surface area contributed by atoms with Crippen molar-refractivity contribution < 1.29 is 28.7 Å². The van der Waals surface area contributed by atoms with Gasteiger partial charge in [-0.15, -0.1) is 0 Å². The highest BCUT2D eigenvalue weighted by atomic mass is 16.5. The van der Waals surface area contributed by atoms with E-state index in [4.69, 9.17) is 9.47 Å². The van der Waals surface area contributed by atoms with Crippen molar-refractivity contribution in [2.75, 3.05) is 19.8 Å². The first kappa shape index (κ1) is 18.3. The number of ether oxygens (including phenoxy) is 2. The number of esters is 2. The van der Waals surface area contributed by atoms with Crippen LogP contribution in [-0.4, -0.2) is 43.4 Å². The summed E-state index contributed by atoms with van der Waals surface area (Å²) in [7, 11) is 0. The van der Waals surface area contributed by atoms with Crippen molar-refractivity contribution >= 4 is 23.6 Å². The van der Waals surface area contributed by atoms with Crippen molar-refractivity contribution in [2.24, 2.45) is 0 Å². The van der Waals surface area contributed by atoms with Crippen LogP contribution in [-0.2, 0) is 19.1 Å².